The molecular formula is C22H41Cl2N3O2. The molecule has 0 radical (unpaired) electrons. The van der Waals surface area contributed by atoms with Gasteiger partial charge < -0.3 is 21.5 Å². The first-order chi connectivity index (χ1) is 12.8. The van der Waals surface area contributed by atoms with Crippen LogP contribution in [0.1, 0.15) is 65.4 Å². The average molecular weight is 450 g/mol. The first kappa shape index (κ1) is 30.2. The second-order valence-electron chi connectivity index (χ2n) is 7.97. The fourth-order valence-corrected chi connectivity index (χ4v) is 3.22. The van der Waals surface area contributed by atoms with Gasteiger partial charge >= 0.3 is 0 Å². The second-order valence-corrected chi connectivity index (χ2v) is 7.97. The van der Waals surface area contributed by atoms with E-state index in [0.717, 1.165) is 37.7 Å². The molecule has 1 aromatic carbocycles. The molecule has 5 N–H and O–H groups in total. The summed E-state index contributed by atoms with van der Waals surface area (Å²) in [5.74, 6) is 0.806. The molecule has 0 aliphatic rings. The summed E-state index contributed by atoms with van der Waals surface area (Å²) >= 11 is 0. The molecule has 1 rings (SSSR count). The largest absolute Gasteiger partial charge is 0.508 e. The van der Waals surface area contributed by atoms with E-state index in [4.69, 9.17) is 5.73 Å². The van der Waals surface area contributed by atoms with Crippen LogP contribution in [-0.2, 0) is 11.2 Å². The molecule has 5 nitrogen and oxygen atoms in total. The minimum absolute atomic E-state index is 0. The number of benzene rings is 1. The molecule has 1 amide bonds. The third-order valence-corrected chi connectivity index (χ3v) is 4.85. The highest BCUT2D eigenvalue weighted by atomic mass is 35.5. The summed E-state index contributed by atoms with van der Waals surface area (Å²) in [6.45, 7) is 9.20. The monoisotopic (exact) mass is 449 g/mol. The summed E-state index contributed by atoms with van der Waals surface area (Å²) in [4.78, 5) is 12.9. The first-order valence-corrected chi connectivity index (χ1v) is 10.4. The van der Waals surface area contributed by atoms with Crippen LogP contribution in [0.25, 0.3) is 0 Å². The van der Waals surface area contributed by atoms with Crippen LogP contribution in [0.2, 0.25) is 0 Å². The Morgan fingerprint density at radius 2 is 1.76 bits per heavy atom. The molecule has 0 saturated carbocycles. The van der Waals surface area contributed by atoms with Gasteiger partial charge in [-0.2, -0.15) is 0 Å². The van der Waals surface area contributed by atoms with Gasteiger partial charge in [0.05, 0.1) is 6.04 Å². The van der Waals surface area contributed by atoms with Gasteiger partial charge in [0.15, 0.2) is 0 Å². The number of phenols is 1. The van der Waals surface area contributed by atoms with Crippen LogP contribution < -0.4 is 16.4 Å². The van der Waals surface area contributed by atoms with Crippen LogP contribution in [0.5, 0.6) is 5.75 Å². The van der Waals surface area contributed by atoms with Gasteiger partial charge in [0, 0.05) is 18.6 Å². The smallest absolute Gasteiger partial charge is 0.237 e. The molecule has 0 aromatic heterocycles. The highest BCUT2D eigenvalue weighted by Crippen LogP contribution is 2.14. The summed E-state index contributed by atoms with van der Waals surface area (Å²) < 4.78 is 0. The highest BCUT2D eigenvalue weighted by Gasteiger charge is 2.22. The molecule has 0 spiro atoms. The topological polar surface area (TPSA) is 87.4 Å². The Kier molecular flexibility index (Phi) is 17.4. The van der Waals surface area contributed by atoms with Crippen LogP contribution in [0.15, 0.2) is 24.3 Å². The molecule has 170 valence electrons. The Morgan fingerprint density at radius 3 is 2.28 bits per heavy atom. The normalized spacial score (nSPS) is 13.7. The summed E-state index contributed by atoms with van der Waals surface area (Å²) in [6, 6.07) is 7.05. The van der Waals surface area contributed by atoms with Crippen molar-refractivity contribution in [3.05, 3.63) is 29.8 Å². The van der Waals surface area contributed by atoms with E-state index in [9.17, 15) is 9.90 Å². The molecule has 0 unspecified atom stereocenters. The number of rotatable bonds is 13. The Hall–Kier alpha value is -1.01. The van der Waals surface area contributed by atoms with Crippen molar-refractivity contribution in [3.63, 3.8) is 0 Å². The number of aromatic hydroxyl groups is 1. The molecule has 0 aliphatic heterocycles. The number of halogens is 2. The zero-order chi connectivity index (χ0) is 20.2. The molecule has 3 atom stereocenters. The summed E-state index contributed by atoms with van der Waals surface area (Å²) in [7, 11) is 0. The van der Waals surface area contributed by atoms with E-state index < -0.39 is 0 Å². The van der Waals surface area contributed by atoms with Gasteiger partial charge in [-0.1, -0.05) is 52.7 Å². The summed E-state index contributed by atoms with van der Waals surface area (Å²) in [5.41, 5.74) is 7.13. The van der Waals surface area contributed by atoms with Crippen LogP contribution in [0, 0.1) is 5.92 Å². The molecule has 0 bridgehead atoms. The van der Waals surface area contributed by atoms with Crippen molar-refractivity contribution in [2.24, 2.45) is 11.7 Å². The first-order valence-electron chi connectivity index (χ1n) is 10.4. The number of hydrogen-bond acceptors (Lipinski definition) is 4. The lowest BCUT2D eigenvalue weighted by Gasteiger charge is -2.26. The lowest BCUT2D eigenvalue weighted by Crippen LogP contribution is -2.51. The summed E-state index contributed by atoms with van der Waals surface area (Å²) in [6.07, 6.45) is 5.72. The van der Waals surface area contributed by atoms with E-state index in [1.165, 1.54) is 0 Å². The lowest BCUT2D eigenvalue weighted by atomic mass is 9.98. The molecule has 0 aliphatic carbocycles. The number of carbonyl (C=O) groups excluding carboxylic acids is 1. The molecular weight excluding hydrogens is 409 g/mol. The molecule has 0 heterocycles. The predicted octanol–water partition coefficient (Wildman–Crippen LogP) is 4.19. The number of amides is 1. The maximum atomic E-state index is 12.9. The van der Waals surface area contributed by atoms with Gasteiger partial charge in [-0.3, -0.25) is 4.79 Å². The highest BCUT2D eigenvalue weighted by molar-refractivity contribution is 5.85. The van der Waals surface area contributed by atoms with Crippen molar-refractivity contribution in [2.45, 2.75) is 84.3 Å². The van der Waals surface area contributed by atoms with Gasteiger partial charge in [-0.15, -0.1) is 24.8 Å². The third-order valence-electron chi connectivity index (χ3n) is 4.85. The van der Waals surface area contributed by atoms with Crippen molar-refractivity contribution < 1.29 is 9.90 Å². The van der Waals surface area contributed by atoms with E-state index in [-0.39, 0.29) is 48.6 Å². The van der Waals surface area contributed by atoms with Crippen molar-refractivity contribution >= 4 is 30.7 Å². The summed E-state index contributed by atoms with van der Waals surface area (Å²) in [5, 5.41) is 16.1. The molecule has 0 fully saturated rings. The second kappa shape index (κ2) is 16.8. The maximum Gasteiger partial charge on any atom is 0.237 e. The number of hydrogen-bond donors (Lipinski definition) is 4. The van der Waals surface area contributed by atoms with Crippen molar-refractivity contribution in [3.8, 4) is 5.75 Å². The van der Waals surface area contributed by atoms with Crippen LogP contribution in [0.4, 0.5) is 0 Å². The van der Waals surface area contributed by atoms with Gasteiger partial charge in [0.2, 0.25) is 5.91 Å². The molecule has 0 saturated heterocycles. The molecule has 7 heteroatoms. The van der Waals surface area contributed by atoms with Gasteiger partial charge in [-0.05, 0) is 49.3 Å². The number of unbranched alkanes of at least 4 members (excludes halogenated alkanes) is 1. The van der Waals surface area contributed by atoms with Crippen LogP contribution >= 0.6 is 24.8 Å². The van der Waals surface area contributed by atoms with Crippen LogP contribution in [-0.4, -0.2) is 35.7 Å². The Balaban J connectivity index is 0. The Labute approximate surface area is 189 Å². The fraction of sp³-hybridized carbons (Fsp3) is 0.682. The number of nitrogens with one attached hydrogen (secondary N) is 2. The van der Waals surface area contributed by atoms with Gasteiger partial charge in [-0.25, -0.2) is 0 Å². The number of nitrogens with two attached hydrogens (primary N) is 1. The van der Waals surface area contributed by atoms with E-state index in [1.54, 1.807) is 12.1 Å². The average Bonchev–Trinajstić information content (AvgIpc) is 2.64. The van der Waals surface area contributed by atoms with Crippen molar-refractivity contribution in [2.75, 3.05) is 6.54 Å². The fourth-order valence-electron chi connectivity index (χ4n) is 3.22. The Bertz CT molecular complexity index is 541. The number of phenolic OH excluding ortho intramolecular Hbond substituents is 1. The third kappa shape index (κ3) is 13.0. The van der Waals surface area contributed by atoms with Crippen molar-refractivity contribution in [1.29, 1.82) is 0 Å². The predicted molar refractivity (Wildman–Crippen MR) is 127 cm³/mol. The lowest BCUT2D eigenvalue weighted by molar-refractivity contribution is -0.123. The van der Waals surface area contributed by atoms with Gasteiger partial charge in [0.25, 0.3) is 0 Å². The van der Waals surface area contributed by atoms with E-state index >= 15 is 0 Å². The molecule has 1 aromatic rings. The molecule has 29 heavy (non-hydrogen) atoms. The van der Waals surface area contributed by atoms with E-state index in [0.29, 0.717) is 24.9 Å². The maximum absolute atomic E-state index is 12.9. The van der Waals surface area contributed by atoms with Gasteiger partial charge in [0.1, 0.15) is 5.75 Å². The zero-order valence-corrected chi connectivity index (χ0v) is 20.0. The van der Waals surface area contributed by atoms with E-state index in [1.807, 2.05) is 12.1 Å². The van der Waals surface area contributed by atoms with Crippen LogP contribution in [0.3, 0.4) is 0 Å². The minimum atomic E-state index is -0.309. The SMILES string of the molecule is CCCC[C@H](N)CNC(=O)[C@H](Cc1ccc(O)cc1)N[C@H](CC)CC(C)C.Cl.Cl. The standard InChI is InChI=1S/C22H39N3O2.2ClH/c1-5-7-8-18(23)15-24-22(27)21(25-19(6-2)13-16(3)4)14-17-9-11-20(26)12-10-17;;/h9-12,16,18-19,21,25-26H,5-8,13-15,23H2,1-4H3,(H,24,27);2*1H/t18-,19+,21-;;/m0../s1. The minimum Gasteiger partial charge on any atom is -0.508 e. The van der Waals surface area contributed by atoms with Crippen molar-refractivity contribution in [1.82, 2.24) is 10.6 Å². The van der Waals surface area contributed by atoms with E-state index in [2.05, 4.69) is 38.3 Å². The zero-order valence-electron chi connectivity index (χ0n) is 18.3. The number of carbonyl (C=O) groups is 1. The Morgan fingerprint density at radius 1 is 1.14 bits per heavy atom. The quantitative estimate of drug-likeness (QED) is 0.363.